The van der Waals surface area contributed by atoms with E-state index in [9.17, 15) is 0 Å². The third kappa shape index (κ3) is 3.77. The van der Waals surface area contributed by atoms with Gasteiger partial charge in [-0.25, -0.2) is 9.97 Å². The normalized spacial score (nSPS) is 10.8. The summed E-state index contributed by atoms with van der Waals surface area (Å²) < 4.78 is 0. The summed E-state index contributed by atoms with van der Waals surface area (Å²) in [6.07, 6.45) is 0. The molecule has 4 nitrogen and oxygen atoms in total. The molecule has 0 atom stereocenters. The number of aromatic nitrogens is 2. The van der Waals surface area contributed by atoms with Crippen molar-refractivity contribution >= 4 is 17.2 Å². The number of hydrogen-bond acceptors (Lipinski definition) is 5. The number of aryl methyl sites for hydroxylation is 2. The van der Waals surface area contributed by atoms with Gasteiger partial charge in [0.25, 0.3) is 0 Å². The summed E-state index contributed by atoms with van der Waals surface area (Å²) in [5.41, 5.74) is 5.35. The fraction of sp³-hybridized carbons (Fsp3) is 0.467. The zero-order valence-corrected chi connectivity index (χ0v) is 13.4. The van der Waals surface area contributed by atoms with E-state index in [1.807, 2.05) is 12.4 Å². The molecule has 2 rings (SSSR count). The quantitative estimate of drug-likeness (QED) is 0.888. The van der Waals surface area contributed by atoms with Crippen LogP contribution in [0.25, 0.3) is 0 Å². The van der Waals surface area contributed by atoms with Gasteiger partial charge in [-0.2, -0.15) is 0 Å². The summed E-state index contributed by atoms with van der Waals surface area (Å²) in [4.78, 5) is 12.4. The van der Waals surface area contributed by atoms with Crippen molar-refractivity contribution in [2.75, 3.05) is 18.5 Å². The highest BCUT2D eigenvalue weighted by molar-refractivity contribution is 7.09. The van der Waals surface area contributed by atoms with Gasteiger partial charge in [0.2, 0.25) is 0 Å². The van der Waals surface area contributed by atoms with E-state index in [0.717, 1.165) is 36.8 Å². The number of nitrogens with zero attached hydrogens (tertiary/aromatic N) is 3. The van der Waals surface area contributed by atoms with Gasteiger partial charge >= 0.3 is 0 Å². The fourth-order valence-electron chi connectivity index (χ4n) is 2.06. The standard InChI is InChI=1S/C15H22N4S/c1-5-16-8-13-6-11(2)18-15(7-13)19(4)9-14-12(3)17-10-20-14/h6-7,10,16H,5,8-9H2,1-4H3. The molecule has 5 heteroatoms. The van der Waals surface area contributed by atoms with Gasteiger partial charge < -0.3 is 10.2 Å². The molecule has 2 heterocycles. The molecular formula is C15H22N4S. The van der Waals surface area contributed by atoms with Crippen LogP contribution in [0.3, 0.4) is 0 Å². The Morgan fingerprint density at radius 2 is 2.10 bits per heavy atom. The molecule has 0 spiro atoms. The van der Waals surface area contributed by atoms with Crippen molar-refractivity contribution in [3.8, 4) is 0 Å². The second-order valence-electron chi connectivity index (χ2n) is 4.97. The summed E-state index contributed by atoms with van der Waals surface area (Å²) in [5.74, 6) is 1.02. The van der Waals surface area contributed by atoms with Crippen LogP contribution in [0.15, 0.2) is 17.6 Å². The zero-order chi connectivity index (χ0) is 14.5. The van der Waals surface area contributed by atoms with E-state index in [0.29, 0.717) is 0 Å². The Labute approximate surface area is 124 Å². The lowest BCUT2D eigenvalue weighted by molar-refractivity contribution is 0.724. The van der Waals surface area contributed by atoms with Crippen LogP contribution in [0.2, 0.25) is 0 Å². The number of nitrogens with one attached hydrogen (secondary N) is 1. The molecule has 0 radical (unpaired) electrons. The van der Waals surface area contributed by atoms with Gasteiger partial charge in [-0.05, 0) is 38.1 Å². The molecule has 0 bridgehead atoms. The SMILES string of the molecule is CCNCc1cc(C)nc(N(C)Cc2scnc2C)c1. The highest BCUT2D eigenvalue weighted by Crippen LogP contribution is 2.19. The summed E-state index contributed by atoms with van der Waals surface area (Å²) in [6, 6.07) is 4.30. The molecule has 0 aromatic carbocycles. The van der Waals surface area contributed by atoms with Crippen LogP contribution in [0, 0.1) is 13.8 Å². The second-order valence-corrected chi connectivity index (χ2v) is 5.91. The Bertz CT molecular complexity index is 565. The zero-order valence-electron chi connectivity index (χ0n) is 12.6. The monoisotopic (exact) mass is 290 g/mol. The summed E-state index contributed by atoms with van der Waals surface area (Å²) in [6.45, 7) is 8.94. The fourth-order valence-corrected chi connectivity index (χ4v) is 2.89. The Hall–Kier alpha value is -1.46. The first kappa shape index (κ1) is 14.9. The molecule has 108 valence electrons. The smallest absolute Gasteiger partial charge is 0.129 e. The van der Waals surface area contributed by atoms with Gasteiger partial charge in [0, 0.05) is 24.2 Å². The number of thiazole rings is 1. The van der Waals surface area contributed by atoms with E-state index < -0.39 is 0 Å². The predicted molar refractivity (Wildman–Crippen MR) is 85.3 cm³/mol. The van der Waals surface area contributed by atoms with E-state index in [4.69, 9.17) is 0 Å². The molecule has 1 N–H and O–H groups in total. The highest BCUT2D eigenvalue weighted by atomic mass is 32.1. The first-order chi connectivity index (χ1) is 9.60. The minimum atomic E-state index is 0.855. The summed E-state index contributed by atoms with van der Waals surface area (Å²) in [5, 5.41) is 3.36. The van der Waals surface area contributed by atoms with E-state index in [2.05, 4.69) is 53.2 Å². The van der Waals surface area contributed by atoms with Crippen LogP contribution < -0.4 is 10.2 Å². The van der Waals surface area contributed by atoms with Crippen molar-refractivity contribution in [2.45, 2.75) is 33.9 Å². The third-order valence-corrected chi connectivity index (χ3v) is 4.12. The lowest BCUT2D eigenvalue weighted by Crippen LogP contribution is -2.19. The maximum atomic E-state index is 4.63. The molecular weight excluding hydrogens is 268 g/mol. The largest absolute Gasteiger partial charge is 0.354 e. The third-order valence-electron chi connectivity index (χ3n) is 3.20. The van der Waals surface area contributed by atoms with Crippen molar-refractivity contribution in [2.24, 2.45) is 0 Å². The number of pyridine rings is 1. The van der Waals surface area contributed by atoms with E-state index in [1.165, 1.54) is 10.4 Å². The highest BCUT2D eigenvalue weighted by Gasteiger charge is 2.09. The van der Waals surface area contributed by atoms with Crippen molar-refractivity contribution in [3.63, 3.8) is 0 Å². The molecule has 2 aromatic rings. The minimum absolute atomic E-state index is 0.855. The van der Waals surface area contributed by atoms with Crippen molar-refractivity contribution in [1.82, 2.24) is 15.3 Å². The molecule has 0 saturated heterocycles. The first-order valence-electron chi connectivity index (χ1n) is 6.88. The minimum Gasteiger partial charge on any atom is -0.354 e. The molecule has 0 aliphatic heterocycles. The summed E-state index contributed by atoms with van der Waals surface area (Å²) >= 11 is 1.70. The average molecular weight is 290 g/mol. The Morgan fingerprint density at radius 3 is 2.75 bits per heavy atom. The van der Waals surface area contributed by atoms with Crippen LogP contribution in [0.4, 0.5) is 5.82 Å². The summed E-state index contributed by atoms with van der Waals surface area (Å²) in [7, 11) is 2.08. The van der Waals surface area contributed by atoms with Gasteiger partial charge in [0.05, 0.1) is 17.7 Å². The Morgan fingerprint density at radius 1 is 1.30 bits per heavy atom. The molecule has 0 saturated carbocycles. The molecule has 0 unspecified atom stereocenters. The van der Waals surface area contributed by atoms with Crippen LogP contribution in [-0.4, -0.2) is 23.6 Å². The predicted octanol–water partition coefficient (Wildman–Crippen LogP) is 2.90. The van der Waals surface area contributed by atoms with Crippen LogP contribution >= 0.6 is 11.3 Å². The first-order valence-corrected chi connectivity index (χ1v) is 7.76. The van der Waals surface area contributed by atoms with Crippen LogP contribution in [0.1, 0.15) is 28.8 Å². The van der Waals surface area contributed by atoms with Gasteiger partial charge in [-0.1, -0.05) is 6.92 Å². The molecule has 0 aliphatic rings. The number of hydrogen-bond donors (Lipinski definition) is 1. The lowest BCUT2D eigenvalue weighted by Gasteiger charge is -2.19. The Balaban J connectivity index is 2.14. The Kier molecular flexibility index (Phi) is 5.09. The van der Waals surface area contributed by atoms with Gasteiger partial charge in [0.1, 0.15) is 5.82 Å². The number of rotatable bonds is 6. The maximum Gasteiger partial charge on any atom is 0.129 e. The van der Waals surface area contributed by atoms with Crippen LogP contribution in [-0.2, 0) is 13.1 Å². The molecule has 2 aromatic heterocycles. The van der Waals surface area contributed by atoms with E-state index in [1.54, 1.807) is 11.3 Å². The van der Waals surface area contributed by atoms with Crippen LogP contribution in [0.5, 0.6) is 0 Å². The molecule has 0 fully saturated rings. The number of anilines is 1. The lowest BCUT2D eigenvalue weighted by atomic mass is 10.2. The van der Waals surface area contributed by atoms with Crippen molar-refractivity contribution in [1.29, 1.82) is 0 Å². The van der Waals surface area contributed by atoms with Gasteiger partial charge in [-0.15, -0.1) is 11.3 Å². The van der Waals surface area contributed by atoms with Gasteiger partial charge in [-0.3, -0.25) is 0 Å². The van der Waals surface area contributed by atoms with Gasteiger partial charge in [0.15, 0.2) is 0 Å². The van der Waals surface area contributed by atoms with Crippen molar-refractivity contribution < 1.29 is 0 Å². The molecule has 0 aliphatic carbocycles. The van der Waals surface area contributed by atoms with E-state index in [-0.39, 0.29) is 0 Å². The average Bonchev–Trinajstić information content (AvgIpc) is 2.81. The molecule has 0 amide bonds. The second kappa shape index (κ2) is 6.81. The van der Waals surface area contributed by atoms with Crippen molar-refractivity contribution in [3.05, 3.63) is 39.5 Å². The van der Waals surface area contributed by atoms with E-state index >= 15 is 0 Å². The topological polar surface area (TPSA) is 41.1 Å². The maximum absolute atomic E-state index is 4.63. The molecule has 20 heavy (non-hydrogen) atoms.